The van der Waals surface area contributed by atoms with Crippen LogP contribution in [-0.4, -0.2) is 26.8 Å². The fourth-order valence-corrected chi connectivity index (χ4v) is 2.04. The van der Waals surface area contributed by atoms with Crippen LogP contribution < -0.4 is 5.73 Å². The van der Waals surface area contributed by atoms with Crippen LogP contribution >= 0.6 is 0 Å². The maximum Gasteiger partial charge on any atom is 0.159 e. The molecule has 18 heavy (non-hydrogen) atoms. The predicted molar refractivity (Wildman–Crippen MR) is 70.2 cm³/mol. The molecule has 0 saturated heterocycles. The first kappa shape index (κ1) is 12.7. The number of hydrogen-bond donors (Lipinski definition) is 1. The fraction of sp³-hybridized carbons (Fsp3) is 0.462. The van der Waals surface area contributed by atoms with Gasteiger partial charge >= 0.3 is 0 Å². The average Bonchev–Trinajstić information content (AvgIpc) is 2.78. The van der Waals surface area contributed by atoms with E-state index in [-0.39, 0.29) is 5.92 Å². The predicted octanol–water partition coefficient (Wildman–Crippen LogP) is 1.42. The van der Waals surface area contributed by atoms with Crippen molar-refractivity contribution in [2.45, 2.75) is 25.7 Å². The second kappa shape index (κ2) is 5.27. The lowest BCUT2D eigenvalue weighted by Crippen LogP contribution is -2.18. The molecule has 0 amide bonds. The third-order valence-corrected chi connectivity index (χ3v) is 3.21. The molecule has 2 aromatic rings. The molecule has 1 heterocycles. The van der Waals surface area contributed by atoms with E-state index in [1.165, 1.54) is 5.56 Å². The third-order valence-electron chi connectivity index (χ3n) is 3.21. The van der Waals surface area contributed by atoms with Crippen LogP contribution in [0.25, 0.3) is 0 Å². The highest BCUT2D eigenvalue weighted by Gasteiger charge is 2.18. The topological polar surface area (TPSA) is 69.6 Å². The number of rotatable bonds is 4. The van der Waals surface area contributed by atoms with E-state index in [4.69, 9.17) is 5.73 Å². The molecular formula is C13H19N5. The summed E-state index contributed by atoms with van der Waals surface area (Å²) in [6.07, 6.45) is 0. The van der Waals surface area contributed by atoms with E-state index >= 15 is 0 Å². The largest absolute Gasteiger partial charge is 0.329 e. The van der Waals surface area contributed by atoms with E-state index in [0.717, 1.165) is 11.4 Å². The van der Waals surface area contributed by atoms with Gasteiger partial charge in [0.25, 0.3) is 0 Å². The van der Waals surface area contributed by atoms with Gasteiger partial charge in [-0.25, -0.2) is 4.68 Å². The molecule has 5 heteroatoms. The Morgan fingerprint density at radius 2 is 1.78 bits per heavy atom. The van der Waals surface area contributed by atoms with Gasteiger partial charge in [0.1, 0.15) is 0 Å². The van der Waals surface area contributed by atoms with Crippen molar-refractivity contribution in [1.82, 2.24) is 20.2 Å². The van der Waals surface area contributed by atoms with Gasteiger partial charge in [0, 0.05) is 13.6 Å². The van der Waals surface area contributed by atoms with Crippen molar-refractivity contribution >= 4 is 0 Å². The zero-order valence-corrected chi connectivity index (χ0v) is 11.0. The quantitative estimate of drug-likeness (QED) is 0.884. The molecule has 1 atom stereocenters. The van der Waals surface area contributed by atoms with Crippen LogP contribution in [0, 0.1) is 0 Å². The summed E-state index contributed by atoms with van der Waals surface area (Å²) in [6.45, 7) is 4.86. The fourth-order valence-electron chi connectivity index (χ4n) is 2.04. The summed E-state index contributed by atoms with van der Waals surface area (Å²) in [5, 5.41) is 11.6. The van der Waals surface area contributed by atoms with Gasteiger partial charge < -0.3 is 5.73 Å². The minimum Gasteiger partial charge on any atom is -0.329 e. The van der Waals surface area contributed by atoms with Crippen LogP contribution in [0.4, 0.5) is 0 Å². The number of aromatic nitrogens is 4. The Morgan fingerprint density at radius 1 is 1.17 bits per heavy atom. The second-order valence-electron chi connectivity index (χ2n) is 4.77. The van der Waals surface area contributed by atoms with Crippen LogP contribution in [0.3, 0.4) is 0 Å². The molecule has 1 unspecified atom stereocenters. The highest BCUT2D eigenvalue weighted by molar-refractivity contribution is 5.30. The number of nitrogens with zero attached hydrogens (tertiary/aromatic N) is 4. The van der Waals surface area contributed by atoms with Crippen LogP contribution in [0.1, 0.15) is 42.6 Å². The Hall–Kier alpha value is -1.75. The zero-order valence-electron chi connectivity index (χ0n) is 11.0. The number of hydrogen-bond acceptors (Lipinski definition) is 4. The molecule has 0 spiro atoms. The molecule has 1 aromatic heterocycles. The van der Waals surface area contributed by atoms with Crippen molar-refractivity contribution in [3.05, 3.63) is 41.2 Å². The molecule has 2 N–H and O–H groups in total. The summed E-state index contributed by atoms with van der Waals surface area (Å²) in [5.74, 6) is 1.38. The lowest BCUT2D eigenvalue weighted by Gasteiger charge is -2.14. The van der Waals surface area contributed by atoms with Crippen LogP contribution in [-0.2, 0) is 7.05 Å². The molecular weight excluding hydrogens is 226 g/mol. The van der Waals surface area contributed by atoms with Gasteiger partial charge in [0.15, 0.2) is 5.82 Å². The Bertz CT molecular complexity index is 500. The zero-order chi connectivity index (χ0) is 13.1. The lowest BCUT2D eigenvalue weighted by atomic mass is 9.94. The molecule has 0 saturated carbocycles. The van der Waals surface area contributed by atoms with Crippen molar-refractivity contribution < 1.29 is 0 Å². The normalized spacial score (nSPS) is 12.9. The SMILES string of the molecule is CC(C)c1ccc(C(CN)c2nnnn2C)cc1. The summed E-state index contributed by atoms with van der Waals surface area (Å²) in [7, 11) is 1.83. The Morgan fingerprint density at radius 3 is 2.22 bits per heavy atom. The summed E-state index contributed by atoms with van der Waals surface area (Å²) in [6, 6.07) is 8.52. The third kappa shape index (κ3) is 2.41. The first-order valence-electron chi connectivity index (χ1n) is 6.15. The van der Waals surface area contributed by atoms with E-state index < -0.39 is 0 Å². The number of benzene rings is 1. The first-order chi connectivity index (χ1) is 8.63. The minimum atomic E-state index is 0.0474. The lowest BCUT2D eigenvalue weighted by molar-refractivity contribution is 0.641. The van der Waals surface area contributed by atoms with E-state index in [2.05, 4.69) is 53.6 Å². The number of aryl methyl sites for hydroxylation is 1. The van der Waals surface area contributed by atoms with Crippen molar-refractivity contribution in [3.8, 4) is 0 Å². The van der Waals surface area contributed by atoms with Gasteiger partial charge in [-0.2, -0.15) is 0 Å². The standard InChI is InChI=1S/C13H19N5/c1-9(2)10-4-6-11(7-5-10)12(8-14)13-15-16-17-18(13)3/h4-7,9,12H,8,14H2,1-3H3. The van der Waals surface area contributed by atoms with Crippen LogP contribution in [0.5, 0.6) is 0 Å². The highest BCUT2D eigenvalue weighted by atomic mass is 15.5. The highest BCUT2D eigenvalue weighted by Crippen LogP contribution is 2.23. The van der Waals surface area contributed by atoms with Gasteiger partial charge in [-0.15, -0.1) is 5.10 Å². The minimum absolute atomic E-state index is 0.0474. The summed E-state index contributed by atoms with van der Waals surface area (Å²) in [5.41, 5.74) is 8.33. The smallest absolute Gasteiger partial charge is 0.159 e. The molecule has 5 nitrogen and oxygen atoms in total. The van der Waals surface area contributed by atoms with E-state index in [0.29, 0.717) is 12.5 Å². The van der Waals surface area contributed by atoms with Gasteiger partial charge in [-0.3, -0.25) is 0 Å². The Balaban J connectivity index is 2.31. The first-order valence-corrected chi connectivity index (χ1v) is 6.15. The second-order valence-corrected chi connectivity index (χ2v) is 4.77. The Labute approximate surface area is 107 Å². The molecule has 0 radical (unpaired) electrons. The molecule has 0 fully saturated rings. The van der Waals surface area contributed by atoms with E-state index in [9.17, 15) is 0 Å². The van der Waals surface area contributed by atoms with Crippen molar-refractivity contribution in [1.29, 1.82) is 0 Å². The molecule has 0 bridgehead atoms. The maximum atomic E-state index is 5.85. The maximum absolute atomic E-state index is 5.85. The molecule has 2 rings (SSSR count). The van der Waals surface area contributed by atoms with Gasteiger partial charge in [0.05, 0.1) is 5.92 Å². The van der Waals surface area contributed by atoms with Crippen molar-refractivity contribution in [2.75, 3.05) is 6.54 Å². The monoisotopic (exact) mass is 245 g/mol. The molecule has 96 valence electrons. The van der Waals surface area contributed by atoms with Gasteiger partial charge in [-0.1, -0.05) is 38.1 Å². The summed E-state index contributed by atoms with van der Waals surface area (Å²) < 4.78 is 1.67. The van der Waals surface area contributed by atoms with Gasteiger partial charge in [-0.05, 0) is 27.5 Å². The number of nitrogens with two attached hydrogens (primary N) is 1. The van der Waals surface area contributed by atoms with Gasteiger partial charge in [0.2, 0.25) is 0 Å². The van der Waals surface area contributed by atoms with Crippen molar-refractivity contribution in [3.63, 3.8) is 0 Å². The molecule has 1 aromatic carbocycles. The molecule has 0 aliphatic carbocycles. The van der Waals surface area contributed by atoms with Crippen molar-refractivity contribution in [2.24, 2.45) is 12.8 Å². The molecule has 0 aliphatic heterocycles. The number of tetrazole rings is 1. The molecule has 0 aliphatic rings. The van der Waals surface area contributed by atoms with E-state index in [1.54, 1.807) is 4.68 Å². The Kier molecular flexibility index (Phi) is 3.72. The van der Waals surface area contributed by atoms with E-state index in [1.807, 2.05) is 7.05 Å². The van der Waals surface area contributed by atoms with Crippen LogP contribution in [0.15, 0.2) is 24.3 Å². The summed E-state index contributed by atoms with van der Waals surface area (Å²) in [4.78, 5) is 0. The average molecular weight is 245 g/mol. The summed E-state index contributed by atoms with van der Waals surface area (Å²) >= 11 is 0. The van der Waals surface area contributed by atoms with Crippen LogP contribution in [0.2, 0.25) is 0 Å².